The molecule has 0 saturated heterocycles. The number of carbonyl (C=O) groups is 1. The highest BCUT2D eigenvalue weighted by atomic mass is 16.5. The first-order chi connectivity index (χ1) is 9.58. The molecular weight excluding hydrogens is 256 g/mol. The van der Waals surface area contributed by atoms with E-state index in [0.29, 0.717) is 24.6 Å². The van der Waals surface area contributed by atoms with E-state index in [0.717, 1.165) is 17.1 Å². The van der Waals surface area contributed by atoms with Gasteiger partial charge in [-0.1, -0.05) is 0 Å². The monoisotopic (exact) mass is 272 g/mol. The lowest BCUT2D eigenvalue weighted by Gasteiger charge is -2.28. The molecule has 0 atom stereocenters. The van der Waals surface area contributed by atoms with Gasteiger partial charge in [-0.05, 0) is 26.0 Å². The fourth-order valence-electron chi connectivity index (χ4n) is 2.26. The molecule has 0 bridgehead atoms. The number of hydrogen-bond acceptors (Lipinski definition) is 4. The zero-order chi connectivity index (χ0) is 14.3. The van der Waals surface area contributed by atoms with Crippen LogP contribution >= 0.6 is 0 Å². The van der Waals surface area contributed by atoms with Crippen molar-refractivity contribution in [3.05, 3.63) is 35.3 Å². The number of amides is 1. The second kappa shape index (κ2) is 4.63. The van der Waals surface area contributed by atoms with Gasteiger partial charge in [0.15, 0.2) is 0 Å². The van der Waals surface area contributed by atoms with Crippen molar-refractivity contribution in [2.45, 2.75) is 13.8 Å². The third-order valence-electron chi connectivity index (χ3n) is 3.53. The molecule has 0 radical (unpaired) electrons. The minimum absolute atomic E-state index is 0.0641. The maximum atomic E-state index is 12.7. The van der Waals surface area contributed by atoms with Gasteiger partial charge in [-0.2, -0.15) is 5.10 Å². The Morgan fingerprint density at radius 3 is 2.85 bits per heavy atom. The second-order valence-electron chi connectivity index (χ2n) is 4.85. The third-order valence-corrected chi connectivity index (χ3v) is 3.53. The van der Waals surface area contributed by atoms with Gasteiger partial charge in [0, 0.05) is 18.4 Å². The Labute approximate surface area is 117 Å². The van der Waals surface area contributed by atoms with E-state index in [1.165, 1.54) is 0 Å². The Bertz CT molecular complexity index is 678. The van der Waals surface area contributed by atoms with E-state index in [-0.39, 0.29) is 5.91 Å². The molecule has 2 aromatic heterocycles. The van der Waals surface area contributed by atoms with Gasteiger partial charge in [0.25, 0.3) is 5.91 Å². The minimum atomic E-state index is -0.0641. The molecule has 6 nitrogen and oxygen atoms in total. The molecule has 2 aromatic rings. The predicted molar refractivity (Wildman–Crippen MR) is 74.1 cm³/mol. The molecule has 0 saturated carbocycles. The molecule has 0 unspecified atom stereocenters. The molecule has 0 aliphatic carbocycles. The summed E-state index contributed by atoms with van der Waals surface area (Å²) in [5, 5.41) is 4.12. The van der Waals surface area contributed by atoms with Gasteiger partial charge in [0.2, 0.25) is 5.88 Å². The lowest BCUT2D eigenvalue weighted by molar-refractivity contribution is 0.0975. The van der Waals surface area contributed by atoms with Gasteiger partial charge in [-0.25, -0.2) is 4.98 Å². The molecular formula is C14H16N4O2. The van der Waals surface area contributed by atoms with Crippen LogP contribution in [0.1, 0.15) is 21.7 Å². The number of anilines is 1. The summed E-state index contributed by atoms with van der Waals surface area (Å²) >= 11 is 0. The summed E-state index contributed by atoms with van der Waals surface area (Å²) in [7, 11) is 1.82. The Morgan fingerprint density at radius 2 is 2.15 bits per heavy atom. The van der Waals surface area contributed by atoms with E-state index in [9.17, 15) is 4.79 Å². The summed E-state index contributed by atoms with van der Waals surface area (Å²) in [6.45, 7) is 4.75. The van der Waals surface area contributed by atoms with Crippen molar-refractivity contribution in [2.75, 3.05) is 18.1 Å². The summed E-state index contributed by atoms with van der Waals surface area (Å²) in [5.41, 5.74) is 3.05. The maximum Gasteiger partial charge on any atom is 0.262 e. The first kappa shape index (κ1) is 12.7. The van der Waals surface area contributed by atoms with Crippen molar-refractivity contribution in [3.8, 4) is 5.88 Å². The topological polar surface area (TPSA) is 60.2 Å². The highest BCUT2D eigenvalue weighted by Gasteiger charge is 2.27. The van der Waals surface area contributed by atoms with Crippen molar-refractivity contribution < 1.29 is 9.53 Å². The summed E-state index contributed by atoms with van der Waals surface area (Å²) < 4.78 is 7.23. The van der Waals surface area contributed by atoms with Crippen LogP contribution in [0.3, 0.4) is 0 Å². The largest absolute Gasteiger partial charge is 0.474 e. The molecule has 6 heteroatoms. The number of rotatable bonds is 1. The number of pyridine rings is 1. The Balaban J connectivity index is 2.00. The molecule has 104 valence electrons. The highest BCUT2D eigenvalue weighted by molar-refractivity contribution is 6.07. The van der Waals surface area contributed by atoms with Crippen molar-refractivity contribution >= 4 is 11.6 Å². The number of aryl methyl sites for hydroxylation is 2. The Kier molecular flexibility index (Phi) is 2.93. The molecule has 0 N–H and O–H groups in total. The first-order valence-corrected chi connectivity index (χ1v) is 6.49. The summed E-state index contributed by atoms with van der Waals surface area (Å²) in [5.74, 6) is 0.456. The van der Waals surface area contributed by atoms with Gasteiger partial charge < -0.3 is 4.74 Å². The van der Waals surface area contributed by atoms with Crippen molar-refractivity contribution in [3.63, 3.8) is 0 Å². The molecule has 3 rings (SSSR count). The molecule has 0 aromatic carbocycles. The van der Waals surface area contributed by atoms with E-state index in [2.05, 4.69) is 10.1 Å². The molecule has 20 heavy (non-hydrogen) atoms. The zero-order valence-corrected chi connectivity index (χ0v) is 11.8. The number of aromatic nitrogens is 3. The smallest absolute Gasteiger partial charge is 0.262 e. The van der Waals surface area contributed by atoms with E-state index in [1.54, 1.807) is 15.8 Å². The highest BCUT2D eigenvalue weighted by Crippen LogP contribution is 2.31. The van der Waals surface area contributed by atoms with Crippen LogP contribution in [0.4, 0.5) is 5.69 Å². The van der Waals surface area contributed by atoms with Crippen LogP contribution in [0.2, 0.25) is 0 Å². The predicted octanol–water partition coefficient (Wildman–Crippen LogP) is 1.47. The number of ether oxygens (including phenoxy) is 1. The zero-order valence-electron chi connectivity index (χ0n) is 11.8. The van der Waals surface area contributed by atoms with E-state index < -0.39 is 0 Å². The van der Waals surface area contributed by atoms with Crippen LogP contribution < -0.4 is 9.64 Å². The van der Waals surface area contributed by atoms with Gasteiger partial charge in [-0.3, -0.25) is 14.4 Å². The maximum absolute atomic E-state index is 12.7. The van der Waals surface area contributed by atoms with Gasteiger partial charge in [-0.15, -0.1) is 0 Å². The number of carbonyl (C=O) groups excluding carboxylic acids is 1. The minimum Gasteiger partial charge on any atom is -0.474 e. The van der Waals surface area contributed by atoms with Crippen LogP contribution in [0, 0.1) is 13.8 Å². The van der Waals surface area contributed by atoms with Gasteiger partial charge in [0.05, 0.1) is 18.3 Å². The van der Waals surface area contributed by atoms with Gasteiger partial charge >= 0.3 is 0 Å². The fraction of sp³-hybridized carbons (Fsp3) is 0.357. The lowest BCUT2D eigenvalue weighted by Crippen LogP contribution is -2.38. The lowest BCUT2D eigenvalue weighted by atomic mass is 10.2. The van der Waals surface area contributed by atoms with Crippen molar-refractivity contribution in [1.82, 2.24) is 14.8 Å². The van der Waals surface area contributed by atoms with E-state index >= 15 is 0 Å². The average Bonchev–Trinajstić information content (AvgIpc) is 2.77. The van der Waals surface area contributed by atoms with Crippen LogP contribution in [-0.4, -0.2) is 33.8 Å². The quantitative estimate of drug-likeness (QED) is 0.788. The van der Waals surface area contributed by atoms with Crippen LogP contribution in [0.25, 0.3) is 0 Å². The number of fused-ring (bicyclic) bond motifs is 1. The second-order valence-corrected chi connectivity index (χ2v) is 4.85. The SMILES string of the molecule is Cc1ccc2c(n1)OCCN2C(=O)c1cnn(C)c1C. The molecule has 0 spiro atoms. The van der Waals surface area contributed by atoms with Crippen molar-refractivity contribution in [1.29, 1.82) is 0 Å². The van der Waals surface area contributed by atoms with Crippen LogP contribution in [0.15, 0.2) is 18.3 Å². The van der Waals surface area contributed by atoms with Gasteiger partial charge in [0.1, 0.15) is 12.3 Å². The Morgan fingerprint density at radius 1 is 1.35 bits per heavy atom. The molecule has 3 heterocycles. The standard InChI is InChI=1S/C14H16N4O2/c1-9-4-5-12-13(16-9)20-7-6-18(12)14(19)11-8-15-17(3)10(11)2/h4-5,8H,6-7H2,1-3H3. The normalized spacial score (nSPS) is 13.8. The molecule has 1 amide bonds. The van der Waals surface area contributed by atoms with E-state index in [1.807, 2.05) is 33.0 Å². The summed E-state index contributed by atoms with van der Waals surface area (Å²) in [4.78, 5) is 18.7. The van der Waals surface area contributed by atoms with Crippen LogP contribution in [-0.2, 0) is 7.05 Å². The first-order valence-electron chi connectivity index (χ1n) is 6.49. The van der Waals surface area contributed by atoms with Crippen LogP contribution in [0.5, 0.6) is 5.88 Å². The Hall–Kier alpha value is -2.37. The summed E-state index contributed by atoms with van der Waals surface area (Å²) in [6, 6.07) is 3.75. The van der Waals surface area contributed by atoms with E-state index in [4.69, 9.17) is 4.74 Å². The molecule has 1 aliphatic rings. The van der Waals surface area contributed by atoms with Crippen molar-refractivity contribution in [2.24, 2.45) is 7.05 Å². The molecule has 1 aliphatic heterocycles. The summed E-state index contributed by atoms with van der Waals surface area (Å²) in [6.07, 6.45) is 1.61. The molecule has 0 fully saturated rings. The number of hydrogen-bond donors (Lipinski definition) is 0. The number of nitrogens with zero attached hydrogens (tertiary/aromatic N) is 4. The fourth-order valence-corrected chi connectivity index (χ4v) is 2.26. The average molecular weight is 272 g/mol. The third kappa shape index (κ3) is 1.93.